The Morgan fingerprint density at radius 1 is 1.03 bits per heavy atom. The van der Waals surface area contributed by atoms with Gasteiger partial charge in [0.2, 0.25) is 0 Å². The quantitative estimate of drug-likeness (QED) is 0.251. The van der Waals surface area contributed by atoms with E-state index in [1.54, 1.807) is 60.7 Å². The van der Waals surface area contributed by atoms with Crippen molar-refractivity contribution in [3.63, 3.8) is 0 Å². The molecule has 1 N–H and O–H groups in total. The van der Waals surface area contributed by atoms with Crippen molar-refractivity contribution in [2.24, 2.45) is 5.10 Å². The number of nitrogens with zero attached hydrogens (tertiary/aromatic N) is 1. The van der Waals surface area contributed by atoms with Crippen molar-refractivity contribution in [2.45, 2.75) is 13.5 Å². The molecule has 7 heteroatoms. The lowest BCUT2D eigenvalue weighted by Crippen LogP contribution is -2.17. The van der Waals surface area contributed by atoms with E-state index in [1.165, 1.54) is 18.3 Å². The van der Waals surface area contributed by atoms with Crippen LogP contribution in [0.2, 0.25) is 0 Å². The molecule has 3 aromatic rings. The molecule has 0 atom stereocenters. The summed E-state index contributed by atoms with van der Waals surface area (Å²) in [5, 5.41) is 4.01. The molecule has 0 spiro atoms. The number of benzene rings is 3. The zero-order chi connectivity index (χ0) is 23.5. The van der Waals surface area contributed by atoms with Crippen LogP contribution in [0.25, 0.3) is 0 Å². The lowest BCUT2D eigenvalue weighted by Gasteiger charge is -2.12. The Bertz CT molecular complexity index is 1110. The molecule has 0 saturated carbocycles. The first-order valence-corrected chi connectivity index (χ1v) is 10.4. The van der Waals surface area contributed by atoms with Gasteiger partial charge in [0.05, 0.1) is 12.8 Å². The Hall–Kier alpha value is -4.13. The van der Waals surface area contributed by atoms with Crippen LogP contribution in [0.4, 0.5) is 4.39 Å². The Labute approximate surface area is 192 Å². The molecule has 6 nitrogen and oxygen atoms in total. The summed E-state index contributed by atoms with van der Waals surface area (Å²) in [6.45, 7) is 6.52. The van der Waals surface area contributed by atoms with E-state index in [2.05, 4.69) is 17.1 Å². The molecule has 33 heavy (non-hydrogen) atoms. The average molecular weight is 448 g/mol. The largest absolute Gasteiger partial charge is 0.490 e. The number of hydrazone groups is 1. The zero-order valence-corrected chi connectivity index (χ0v) is 18.3. The molecule has 3 rings (SSSR count). The first-order valence-electron chi connectivity index (χ1n) is 10.4. The molecule has 0 saturated heterocycles. The topological polar surface area (TPSA) is 69.2 Å². The van der Waals surface area contributed by atoms with Crippen LogP contribution in [-0.2, 0) is 6.61 Å². The van der Waals surface area contributed by atoms with Gasteiger partial charge in [0, 0.05) is 5.56 Å². The van der Waals surface area contributed by atoms with Crippen LogP contribution in [0, 0.1) is 5.82 Å². The molecule has 0 bridgehead atoms. The van der Waals surface area contributed by atoms with Gasteiger partial charge in [-0.05, 0) is 72.6 Å². The van der Waals surface area contributed by atoms with Gasteiger partial charge >= 0.3 is 0 Å². The van der Waals surface area contributed by atoms with Gasteiger partial charge in [-0.3, -0.25) is 4.79 Å². The van der Waals surface area contributed by atoms with Gasteiger partial charge < -0.3 is 14.2 Å². The van der Waals surface area contributed by atoms with Crippen LogP contribution in [0.15, 0.2) is 84.5 Å². The summed E-state index contributed by atoms with van der Waals surface area (Å²) in [7, 11) is 0. The molecular formula is C26H25FN2O4. The summed E-state index contributed by atoms with van der Waals surface area (Å²) in [4.78, 5) is 12.4. The van der Waals surface area contributed by atoms with E-state index in [9.17, 15) is 9.18 Å². The van der Waals surface area contributed by atoms with Crippen LogP contribution in [0.1, 0.15) is 28.4 Å². The minimum absolute atomic E-state index is 0.266. The maximum atomic E-state index is 13.2. The van der Waals surface area contributed by atoms with Gasteiger partial charge in [-0.2, -0.15) is 5.10 Å². The molecule has 0 heterocycles. The first-order chi connectivity index (χ1) is 16.1. The Morgan fingerprint density at radius 2 is 1.85 bits per heavy atom. The maximum Gasteiger partial charge on any atom is 0.271 e. The monoisotopic (exact) mass is 448 g/mol. The number of ether oxygens (including phenoxy) is 3. The molecule has 0 radical (unpaired) electrons. The van der Waals surface area contributed by atoms with E-state index in [1.807, 2.05) is 6.92 Å². The van der Waals surface area contributed by atoms with Gasteiger partial charge in [-0.15, -0.1) is 0 Å². The first kappa shape index (κ1) is 23.5. The third-order valence-corrected chi connectivity index (χ3v) is 4.42. The number of amides is 1. The molecule has 0 aliphatic rings. The molecule has 0 aliphatic heterocycles. The summed E-state index contributed by atoms with van der Waals surface area (Å²) in [5.41, 5.74) is 4.41. The molecular weight excluding hydrogens is 423 g/mol. The normalized spacial score (nSPS) is 10.6. The predicted molar refractivity (Wildman–Crippen MR) is 126 cm³/mol. The Morgan fingerprint density at radius 3 is 2.58 bits per heavy atom. The molecule has 0 aliphatic carbocycles. The fourth-order valence-electron chi connectivity index (χ4n) is 2.86. The van der Waals surface area contributed by atoms with Crippen LogP contribution in [0.5, 0.6) is 17.2 Å². The van der Waals surface area contributed by atoms with E-state index < -0.39 is 0 Å². The van der Waals surface area contributed by atoms with Crippen molar-refractivity contribution in [1.29, 1.82) is 0 Å². The third kappa shape index (κ3) is 7.21. The van der Waals surface area contributed by atoms with Crippen molar-refractivity contribution >= 4 is 12.1 Å². The van der Waals surface area contributed by atoms with E-state index in [0.29, 0.717) is 36.0 Å². The highest BCUT2D eigenvalue weighted by Crippen LogP contribution is 2.28. The van der Waals surface area contributed by atoms with Gasteiger partial charge in [0.1, 0.15) is 24.8 Å². The number of carbonyl (C=O) groups excluding carboxylic acids is 1. The molecule has 0 unspecified atom stereocenters. The predicted octanol–water partition coefficient (Wildman–Crippen LogP) is 5.13. The molecule has 0 aromatic heterocycles. The highest BCUT2D eigenvalue weighted by Gasteiger charge is 2.11. The summed E-state index contributed by atoms with van der Waals surface area (Å²) >= 11 is 0. The van der Waals surface area contributed by atoms with Gasteiger partial charge in [0.15, 0.2) is 11.5 Å². The minimum atomic E-state index is -0.377. The lowest BCUT2D eigenvalue weighted by molar-refractivity contribution is 0.0954. The number of carbonyl (C=O) groups is 1. The Balaban J connectivity index is 1.55. The fraction of sp³-hybridized carbons (Fsp3) is 0.154. The third-order valence-electron chi connectivity index (χ3n) is 4.42. The summed E-state index contributed by atoms with van der Waals surface area (Å²) in [5.74, 6) is 0.984. The van der Waals surface area contributed by atoms with Crippen LogP contribution >= 0.6 is 0 Å². The highest BCUT2D eigenvalue weighted by molar-refractivity contribution is 5.95. The standard InChI is InChI=1S/C26H25FN2O4/c1-3-14-32-24-13-10-21(16-25(24)31-4-2)26(30)29-28-17-19-8-11-23(12-9-19)33-18-20-6-5-7-22(27)15-20/h3,5-13,15-17H,1,4,14,18H2,2H3,(H,29,30)/b28-17+. The highest BCUT2D eigenvalue weighted by atomic mass is 19.1. The van der Waals surface area contributed by atoms with E-state index in [4.69, 9.17) is 14.2 Å². The van der Waals surface area contributed by atoms with Crippen LogP contribution < -0.4 is 19.6 Å². The van der Waals surface area contributed by atoms with E-state index in [0.717, 1.165) is 11.1 Å². The van der Waals surface area contributed by atoms with E-state index >= 15 is 0 Å². The van der Waals surface area contributed by atoms with Crippen molar-refractivity contribution in [1.82, 2.24) is 5.43 Å². The number of hydrogen-bond donors (Lipinski definition) is 1. The second-order valence-corrected chi connectivity index (χ2v) is 6.88. The fourth-order valence-corrected chi connectivity index (χ4v) is 2.86. The smallest absolute Gasteiger partial charge is 0.271 e. The summed E-state index contributed by atoms with van der Waals surface area (Å²) in [6, 6.07) is 18.3. The summed E-state index contributed by atoms with van der Waals surface area (Å²) < 4.78 is 30.0. The SMILES string of the molecule is C=CCOc1ccc(C(=O)N/N=C/c2ccc(OCc3cccc(F)c3)cc2)cc1OCC. The molecule has 0 fully saturated rings. The van der Waals surface area contributed by atoms with Crippen molar-refractivity contribution in [2.75, 3.05) is 13.2 Å². The van der Waals surface area contributed by atoms with Gasteiger partial charge in [0.25, 0.3) is 5.91 Å². The second kappa shape index (κ2) is 12.0. The minimum Gasteiger partial charge on any atom is -0.490 e. The number of rotatable bonds is 11. The van der Waals surface area contributed by atoms with Crippen molar-refractivity contribution in [3.8, 4) is 17.2 Å². The average Bonchev–Trinajstić information content (AvgIpc) is 2.83. The Kier molecular flexibility index (Phi) is 8.59. The van der Waals surface area contributed by atoms with E-state index in [-0.39, 0.29) is 18.3 Å². The lowest BCUT2D eigenvalue weighted by atomic mass is 10.2. The second-order valence-electron chi connectivity index (χ2n) is 6.88. The zero-order valence-electron chi connectivity index (χ0n) is 18.3. The summed E-state index contributed by atoms with van der Waals surface area (Å²) in [6.07, 6.45) is 3.16. The molecule has 170 valence electrons. The molecule has 1 amide bonds. The van der Waals surface area contributed by atoms with Crippen LogP contribution in [0.3, 0.4) is 0 Å². The van der Waals surface area contributed by atoms with Gasteiger partial charge in [-0.1, -0.05) is 24.8 Å². The van der Waals surface area contributed by atoms with Gasteiger partial charge in [-0.25, -0.2) is 9.82 Å². The number of nitrogens with one attached hydrogen (secondary N) is 1. The number of hydrogen-bond acceptors (Lipinski definition) is 5. The molecule has 3 aromatic carbocycles. The van der Waals surface area contributed by atoms with Crippen molar-refractivity contribution < 1.29 is 23.4 Å². The number of halogens is 1. The van der Waals surface area contributed by atoms with Crippen molar-refractivity contribution in [3.05, 3.63) is 102 Å². The maximum absolute atomic E-state index is 13.2. The van der Waals surface area contributed by atoms with Crippen LogP contribution in [-0.4, -0.2) is 25.3 Å².